The first-order chi connectivity index (χ1) is 15.2. The van der Waals surface area contributed by atoms with Crippen molar-refractivity contribution in [2.75, 3.05) is 27.1 Å². The van der Waals surface area contributed by atoms with E-state index in [1.807, 2.05) is 30.6 Å². The second kappa shape index (κ2) is 7.43. The lowest BCUT2D eigenvalue weighted by Crippen LogP contribution is -2.22. The number of hydrogen-bond donors (Lipinski definition) is 1. The van der Waals surface area contributed by atoms with E-state index in [4.69, 9.17) is 24.9 Å². The van der Waals surface area contributed by atoms with Gasteiger partial charge >= 0.3 is 0 Å². The number of pyridine rings is 2. The van der Waals surface area contributed by atoms with Gasteiger partial charge in [0.2, 0.25) is 5.75 Å². The largest absolute Gasteiger partial charge is 0.493 e. The van der Waals surface area contributed by atoms with Crippen LogP contribution in [0.1, 0.15) is 22.7 Å². The lowest BCUT2D eigenvalue weighted by atomic mass is 9.75. The zero-order valence-corrected chi connectivity index (χ0v) is 17.5. The molecule has 0 fully saturated rings. The van der Waals surface area contributed by atoms with Gasteiger partial charge in [-0.05, 0) is 34.7 Å². The Balaban J connectivity index is 1.83. The van der Waals surface area contributed by atoms with E-state index >= 15 is 0 Å². The molecule has 0 amide bonds. The van der Waals surface area contributed by atoms with Crippen LogP contribution in [0, 0.1) is 5.92 Å². The van der Waals surface area contributed by atoms with Crippen LogP contribution < -0.4 is 19.9 Å². The van der Waals surface area contributed by atoms with Gasteiger partial charge in [0.15, 0.2) is 11.5 Å². The zero-order chi connectivity index (χ0) is 21.5. The number of anilines is 1. The van der Waals surface area contributed by atoms with Crippen LogP contribution in [0.25, 0.3) is 16.3 Å². The average Bonchev–Trinajstić information content (AvgIpc) is 2.82. The standard InChI is InChI=1S/C24H22N4O3/c1-29-19-9-14(10-20(30-2)23(19)31-3)16-8-13-4-6-26-11-17(13)22-21(16)15-5-7-27-12-18(15)24(25)28-22/h4-13,17H,1-3H3,(H2,25,28). The van der Waals surface area contributed by atoms with Crippen molar-refractivity contribution in [2.45, 2.75) is 5.92 Å². The van der Waals surface area contributed by atoms with Crippen molar-refractivity contribution < 1.29 is 14.2 Å². The van der Waals surface area contributed by atoms with Crippen molar-refractivity contribution in [3.05, 3.63) is 65.8 Å². The highest BCUT2D eigenvalue weighted by atomic mass is 16.5. The summed E-state index contributed by atoms with van der Waals surface area (Å²) in [5.41, 5.74) is 10.2. The number of nitrogens with zero attached hydrogens (tertiary/aromatic N) is 3. The van der Waals surface area contributed by atoms with E-state index in [0.717, 1.165) is 33.2 Å². The molecule has 1 aromatic carbocycles. The molecule has 0 bridgehead atoms. The minimum atomic E-state index is 0.0191. The predicted octanol–water partition coefficient (Wildman–Crippen LogP) is 3.98. The van der Waals surface area contributed by atoms with Crippen molar-refractivity contribution >= 4 is 28.4 Å². The summed E-state index contributed by atoms with van der Waals surface area (Å²) in [5, 5.41) is 1.82. The molecule has 7 heteroatoms. The summed E-state index contributed by atoms with van der Waals surface area (Å²) in [6, 6.07) is 5.90. The summed E-state index contributed by atoms with van der Waals surface area (Å²) in [5.74, 6) is 2.34. The summed E-state index contributed by atoms with van der Waals surface area (Å²) in [6.45, 7) is 0. The van der Waals surface area contributed by atoms with Crippen LogP contribution in [0.4, 0.5) is 5.82 Å². The zero-order valence-electron chi connectivity index (χ0n) is 17.5. The summed E-state index contributed by atoms with van der Waals surface area (Å²) in [6.07, 6.45) is 11.6. The number of nitrogen functional groups attached to an aromatic ring is 1. The molecule has 2 unspecified atom stereocenters. The molecule has 0 spiro atoms. The average molecular weight is 414 g/mol. The number of benzene rings is 1. The third kappa shape index (κ3) is 2.92. The van der Waals surface area contributed by atoms with Crippen LogP contribution in [0.3, 0.4) is 0 Å². The lowest BCUT2D eigenvalue weighted by molar-refractivity contribution is 0.324. The minimum Gasteiger partial charge on any atom is -0.493 e. The molecule has 2 aromatic heterocycles. The second-order valence-corrected chi connectivity index (χ2v) is 7.42. The smallest absolute Gasteiger partial charge is 0.203 e. The van der Waals surface area contributed by atoms with Gasteiger partial charge in [0.05, 0.1) is 27.0 Å². The molecular weight excluding hydrogens is 392 g/mol. The molecule has 0 radical (unpaired) electrons. The molecule has 2 N–H and O–H groups in total. The Morgan fingerprint density at radius 1 is 1.00 bits per heavy atom. The third-order valence-corrected chi connectivity index (χ3v) is 5.84. The molecular formula is C24H22N4O3. The van der Waals surface area contributed by atoms with Crippen LogP contribution in [-0.4, -0.2) is 37.5 Å². The van der Waals surface area contributed by atoms with E-state index in [9.17, 15) is 0 Å². The first kappa shape index (κ1) is 19.1. The number of methoxy groups -OCH3 is 3. The van der Waals surface area contributed by atoms with Gasteiger partial charge in [-0.15, -0.1) is 0 Å². The highest BCUT2D eigenvalue weighted by Gasteiger charge is 2.33. The van der Waals surface area contributed by atoms with E-state index in [2.05, 4.69) is 22.1 Å². The number of rotatable bonds is 4. The Labute approximate surface area is 179 Å². The molecule has 31 heavy (non-hydrogen) atoms. The van der Waals surface area contributed by atoms with Gasteiger partial charge in [0.1, 0.15) is 5.82 Å². The normalized spacial score (nSPS) is 18.9. The van der Waals surface area contributed by atoms with Crippen molar-refractivity contribution in [2.24, 2.45) is 10.9 Å². The molecule has 1 aliphatic carbocycles. The van der Waals surface area contributed by atoms with Crippen molar-refractivity contribution in [3.8, 4) is 17.2 Å². The Bertz CT molecular complexity index is 1250. The van der Waals surface area contributed by atoms with Gasteiger partial charge in [-0.25, -0.2) is 4.98 Å². The fourth-order valence-corrected chi connectivity index (χ4v) is 4.40. The Morgan fingerprint density at radius 3 is 2.48 bits per heavy atom. The molecule has 5 rings (SSSR count). The lowest BCUT2D eigenvalue weighted by Gasteiger charge is -2.31. The van der Waals surface area contributed by atoms with Gasteiger partial charge in [-0.3, -0.25) is 9.98 Å². The number of aromatic nitrogens is 2. The van der Waals surface area contributed by atoms with Gasteiger partial charge in [-0.2, -0.15) is 0 Å². The monoisotopic (exact) mass is 414 g/mol. The molecule has 2 aliphatic rings. The third-order valence-electron chi connectivity index (χ3n) is 5.84. The maximum Gasteiger partial charge on any atom is 0.203 e. The molecule has 2 atom stereocenters. The summed E-state index contributed by atoms with van der Waals surface area (Å²) >= 11 is 0. The fraction of sp³-hybridized carbons (Fsp3) is 0.208. The maximum atomic E-state index is 6.33. The molecule has 0 saturated carbocycles. The highest BCUT2D eigenvalue weighted by molar-refractivity contribution is 6.04. The van der Waals surface area contributed by atoms with Crippen LogP contribution in [0.2, 0.25) is 0 Å². The second-order valence-electron chi connectivity index (χ2n) is 7.42. The Hall–Kier alpha value is -3.87. The predicted molar refractivity (Wildman–Crippen MR) is 121 cm³/mol. The Morgan fingerprint density at radius 2 is 1.77 bits per heavy atom. The number of ether oxygens (including phenoxy) is 3. The van der Waals surface area contributed by atoms with E-state index in [1.54, 1.807) is 33.7 Å². The molecule has 1 aliphatic heterocycles. The number of fused-ring (bicyclic) bond motifs is 5. The quantitative estimate of drug-likeness (QED) is 0.694. The van der Waals surface area contributed by atoms with Crippen LogP contribution >= 0.6 is 0 Å². The van der Waals surface area contributed by atoms with Crippen LogP contribution in [-0.2, 0) is 0 Å². The van der Waals surface area contributed by atoms with Crippen molar-refractivity contribution in [1.29, 1.82) is 0 Å². The summed E-state index contributed by atoms with van der Waals surface area (Å²) in [4.78, 5) is 13.4. The van der Waals surface area contributed by atoms with Crippen molar-refractivity contribution in [3.63, 3.8) is 0 Å². The first-order valence-electron chi connectivity index (χ1n) is 9.92. The molecule has 156 valence electrons. The van der Waals surface area contributed by atoms with E-state index in [0.29, 0.717) is 23.1 Å². The molecule has 3 heterocycles. The number of aliphatic imine (C=N–C) groups is 1. The van der Waals surface area contributed by atoms with Crippen LogP contribution in [0.5, 0.6) is 17.2 Å². The van der Waals surface area contributed by atoms with Crippen LogP contribution in [0.15, 0.2) is 53.9 Å². The van der Waals surface area contributed by atoms with Gasteiger partial charge in [-0.1, -0.05) is 12.2 Å². The number of nitrogens with two attached hydrogens (primary N) is 1. The first-order valence-corrected chi connectivity index (χ1v) is 9.92. The molecule has 0 saturated heterocycles. The topological polar surface area (TPSA) is 91.9 Å². The maximum absolute atomic E-state index is 6.33. The van der Waals surface area contributed by atoms with E-state index < -0.39 is 0 Å². The SMILES string of the molecule is COc1cc(C2=CC3C=CN=CC3c3nc(N)c4cnccc4c32)cc(OC)c1OC. The van der Waals surface area contributed by atoms with Gasteiger partial charge < -0.3 is 19.9 Å². The fourth-order valence-electron chi connectivity index (χ4n) is 4.40. The number of hydrogen-bond acceptors (Lipinski definition) is 7. The van der Waals surface area contributed by atoms with E-state index in [1.165, 1.54) is 0 Å². The highest BCUT2D eigenvalue weighted by Crippen LogP contribution is 2.47. The summed E-state index contributed by atoms with van der Waals surface area (Å²) < 4.78 is 16.7. The number of allylic oxidation sites excluding steroid dienone is 2. The van der Waals surface area contributed by atoms with Gasteiger partial charge in [0, 0.05) is 47.6 Å². The Kier molecular flexibility index (Phi) is 4.58. The molecule has 3 aromatic rings. The van der Waals surface area contributed by atoms with Gasteiger partial charge in [0.25, 0.3) is 0 Å². The molecule has 7 nitrogen and oxygen atoms in total. The minimum absolute atomic E-state index is 0.0191. The summed E-state index contributed by atoms with van der Waals surface area (Å²) in [7, 11) is 4.83. The van der Waals surface area contributed by atoms with Crippen molar-refractivity contribution in [1.82, 2.24) is 9.97 Å². The van der Waals surface area contributed by atoms with E-state index in [-0.39, 0.29) is 11.8 Å².